The summed E-state index contributed by atoms with van der Waals surface area (Å²) in [6.07, 6.45) is 0.717. The average Bonchev–Trinajstić information content (AvgIpc) is 2.81. The number of nitro benzene ring substituents is 1. The molecule has 1 amide bonds. The summed E-state index contributed by atoms with van der Waals surface area (Å²) in [6.45, 7) is 0.874. The fourth-order valence-corrected chi connectivity index (χ4v) is 1.54. The molecule has 0 aliphatic carbocycles. The molecule has 0 unspecified atom stereocenters. The second-order valence-electron chi connectivity index (χ2n) is 3.52. The summed E-state index contributed by atoms with van der Waals surface area (Å²) >= 11 is 0. The lowest BCUT2D eigenvalue weighted by Gasteiger charge is -2.13. The maximum Gasteiger partial charge on any atom is 0.305 e. The molecule has 6 nitrogen and oxygen atoms in total. The van der Waals surface area contributed by atoms with E-state index in [1.165, 1.54) is 6.07 Å². The van der Waals surface area contributed by atoms with Crippen molar-refractivity contribution in [2.75, 3.05) is 13.2 Å². The van der Waals surface area contributed by atoms with Crippen LogP contribution in [0.25, 0.3) is 0 Å². The van der Waals surface area contributed by atoms with Gasteiger partial charge in [-0.2, -0.15) is 4.39 Å². The number of benzene rings is 1. The highest BCUT2D eigenvalue weighted by Gasteiger charge is 2.24. The van der Waals surface area contributed by atoms with Crippen LogP contribution in [0.5, 0.6) is 0 Å². The summed E-state index contributed by atoms with van der Waals surface area (Å²) in [5.74, 6) is -1.46. The van der Waals surface area contributed by atoms with Crippen LogP contribution in [0.15, 0.2) is 18.2 Å². The molecular formula is C10H9FN2O4. The Bertz CT molecular complexity index is 471. The van der Waals surface area contributed by atoms with Crippen molar-refractivity contribution in [2.45, 2.75) is 6.42 Å². The third kappa shape index (κ3) is 2.23. The number of nitro groups is 1. The molecule has 17 heavy (non-hydrogen) atoms. The summed E-state index contributed by atoms with van der Waals surface area (Å²) in [5.41, 5.74) is -0.671. The number of carbonyl (C=O) groups is 1. The predicted octanol–water partition coefficient (Wildman–Crippen LogP) is 1.51. The van der Waals surface area contributed by atoms with E-state index >= 15 is 0 Å². The molecule has 1 aromatic rings. The lowest BCUT2D eigenvalue weighted by Crippen LogP contribution is -2.26. The highest BCUT2D eigenvalue weighted by Crippen LogP contribution is 2.20. The zero-order chi connectivity index (χ0) is 12.4. The molecule has 0 atom stereocenters. The van der Waals surface area contributed by atoms with Crippen LogP contribution in [-0.2, 0) is 4.84 Å². The van der Waals surface area contributed by atoms with Gasteiger partial charge in [0.15, 0.2) is 0 Å². The van der Waals surface area contributed by atoms with Crippen molar-refractivity contribution in [3.63, 3.8) is 0 Å². The fraction of sp³-hybridized carbons (Fsp3) is 0.300. The average molecular weight is 240 g/mol. The number of hydroxylamine groups is 2. The smallest absolute Gasteiger partial charge is 0.271 e. The van der Waals surface area contributed by atoms with E-state index in [9.17, 15) is 19.3 Å². The highest BCUT2D eigenvalue weighted by atomic mass is 19.1. The molecule has 0 N–H and O–H groups in total. The molecule has 1 aliphatic heterocycles. The van der Waals surface area contributed by atoms with Gasteiger partial charge in [-0.25, -0.2) is 5.06 Å². The van der Waals surface area contributed by atoms with Crippen LogP contribution in [0.2, 0.25) is 0 Å². The first-order chi connectivity index (χ1) is 8.09. The van der Waals surface area contributed by atoms with Crippen molar-refractivity contribution < 1.29 is 18.9 Å². The molecule has 1 aliphatic rings. The van der Waals surface area contributed by atoms with Crippen molar-refractivity contribution in [1.82, 2.24) is 5.06 Å². The second-order valence-corrected chi connectivity index (χ2v) is 3.52. The minimum Gasteiger partial charge on any atom is -0.271 e. The summed E-state index contributed by atoms with van der Waals surface area (Å²) in [6, 6.07) is 3.02. The van der Waals surface area contributed by atoms with Gasteiger partial charge in [0.05, 0.1) is 18.1 Å². The van der Waals surface area contributed by atoms with Gasteiger partial charge in [0.25, 0.3) is 5.91 Å². The first kappa shape index (κ1) is 11.5. The molecule has 0 aromatic heterocycles. The Morgan fingerprint density at radius 3 is 2.88 bits per heavy atom. The maximum atomic E-state index is 13.1. The standard InChI is InChI=1S/C10H9FN2O4/c11-8-3-2-7(6-9(8)13(15)16)10(14)12-4-1-5-17-12/h2-3,6H,1,4-5H2. The molecular weight excluding hydrogens is 231 g/mol. The Morgan fingerprint density at radius 2 is 2.29 bits per heavy atom. The number of hydrogen-bond acceptors (Lipinski definition) is 4. The van der Waals surface area contributed by atoms with Crippen LogP contribution in [-0.4, -0.2) is 29.0 Å². The van der Waals surface area contributed by atoms with E-state index in [0.29, 0.717) is 13.2 Å². The lowest BCUT2D eigenvalue weighted by molar-refractivity contribution is -0.387. The minimum atomic E-state index is -0.964. The normalized spacial score (nSPS) is 15.0. The summed E-state index contributed by atoms with van der Waals surface area (Å²) in [7, 11) is 0. The molecule has 1 fully saturated rings. The van der Waals surface area contributed by atoms with E-state index in [1.54, 1.807) is 0 Å². The van der Waals surface area contributed by atoms with Gasteiger partial charge >= 0.3 is 5.69 Å². The Balaban J connectivity index is 2.29. The van der Waals surface area contributed by atoms with Gasteiger partial charge in [-0.05, 0) is 18.6 Å². The summed E-state index contributed by atoms with van der Waals surface area (Å²) in [5, 5.41) is 11.6. The Labute approximate surface area is 95.7 Å². The van der Waals surface area contributed by atoms with Crippen LogP contribution in [0.1, 0.15) is 16.8 Å². The van der Waals surface area contributed by atoms with Crippen molar-refractivity contribution in [3.05, 3.63) is 39.7 Å². The third-order valence-electron chi connectivity index (χ3n) is 2.37. The minimum absolute atomic E-state index is 0.0417. The number of carbonyl (C=O) groups excluding carboxylic acids is 1. The Hall–Kier alpha value is -2.02. The van der Waals surface area contributed by atoms with Crippen LogP contribution < -0.4 is 0 Å². The van der Waals surface area contributed by atoms with Crippen molar-refractivity contribution >= 4 is 11.6 Å². The molecule has 0 radical (unpaired) electrons. The molecule has 0 bridgehead atoms. The first-order valence-corrected chi connectivity index (χ1v) is 4.98. The topological polar surface area (TPSA) is 72.7 Å². The third-order valence-corrected chi connectivity index (χ3v) is 2.37. The quantitative estimate of drug-likeness (QED) is 0.580. The Kier molecular flexibility index (Phi) is 3.01. The predicted molar refractivity (Wildman–Crippen MR) is 54.7 cm³/mol. The van der Waals surface area contributed by atoms with Crippen molar-refractivity contribution in [2.24, 2.45) is 0 Å². The Morgan fingerprint density at radius 1 is 1.53 bits per heavy atom. The van der Waals surface area contributed by atoms with Crippen molar-refractivity contribution in [1.29, 1.82) is 0 Å². The van der Waals surface area contributed by atoms with E-state index in [1.807, 2.05) is 0 Å². The summed E-state index contributed by atoms with van der Waals surface area (Å²) in [4.78, 5) is 26.5. The van der Waals surface area contributed by atoms with Crippen LogP contribution in [0, 0.1) is 15.9 Å². The van der Waals surface area contributed by atoms with Gasteiger partial charge in [0, 0.05) is 11.6 Å². The number of nitrogens with zero attached hydrogens (tertiary/aromatic N) is 2. The maximum absolute atomic E-state index is 13.1. The van der Waals surface area contributed by atoms with Crippen LogP contribution >= 0.6 is 0 Å². The molecule has 0 saturated carbocycles. The molecule has 1 saturated heterocycles. The van der Waals surface area contributed by atoms with Gasteiger partial charge in [-0.1, -0.05) is 0 Å². The van der Waals surface area contributed by atoms with Gasteiger partial charge in [0.1, 0.15) is 0 Å². The number of amides is 1. The van der Waals surface area contributed by atoms with Gasteiger partial charge in [0.2, 0.25) is 5.82 Å². The van der Waals surface area contributed by atoms with E-state index in [2.05, 4.69) is 0 Å². The number of rotatable bonds is 2. The fourth-order valence-electron chi connectivity index (χ4n) is 1.54. The SMILES string of the molecule is O=C(c1ccc(F)c([N+](=O)[O-])c1)N1CCCO1. The molecule has 7 heteroatoms. The van der Waals surface area contributed by atoms with Gasteiger partial charge in [-0.15, -0.1) is 0 Å². The van der Waals surface area contributed by atoms with E-state index in [0.717, 1.165) is 23.6 Å². The van der Waals surface area contributed by atoms with Gasteiger partial charge < -0.3 is 0 Å². The molecule has 1 aromatic carbocycles. The van der Waals surface area contributed by atoms with E-state index < -0.39 is 22.3 Å². The molecule has 0 spiro atoms. The van der Waals surface area contributed by atoms with Gasteiger partial charge in [-0.3, -0.25) is 19.7 Å². The second kappa shape index (κ2) is 4.46. The largest absolute Gasteiger partial charge is 0.305 e. The zero-order valence-corrected chi connectivity index (χ0v) is 8.76. The zero-order valence-electron chi connectivity index (χ0n) is 8.76. The van der Waals surface area contributed by atoms with E-state index in [4.69, 9.17) is 4.84 Å². The first-order valence-electron chi connectivity index (χ1n) is 4.98. The number of hydrogen-bond donors (Lipinski definition) is 0. The molecule has 2 rings (SSSR count). The molecule has 90 valence electrons. The van der Waals surface area contributed by atoms with Crippen LogP contribution in [0.3, 0.4) is 0 Å². The van der Waals surface area contributed by atoms with E-state index in [-0.39, 0.29) is 5.56 Å². The molecule has 1 heterocycles. The monoisotopic (exact) mass is 240 g/mol. The van der Waals surface area contributed by atoms with Crippen LogP contribution in [0.4, 0.5) is 10.1 Å². The number of halogens is 1. The lowest BCUT2D eigenvalue weighted by atomic mass is 10.2. The highest BCUT2D eigenvalue weighted by molar-refractivity contribution is 5.94. The van der Waals surface area contributed by atoms with Crippen molar-refractivity contribution in [3.8, 4) is 0 Å². The summed E-state index contributed by atoms with van der Waals surface area (Å²) < 4.78 is 13.1.